The average Bonchev–Trinajstić information content (AvgIpc) is 3.38. The van der Waals surface area contributed by atoms with Crippen molar-refractivity contribution in [2.45, 2.75) is 50.6 Å². The molecule has 2 aliphatic heterocycles. The van der Waals surface area contributed by atoms with Crippen LogP contribution in [0, 0.1) is 11.6 Å². The maximum atomic E-state index is 13.9. The van der Waals surface area contributed by atoms with Crippen molar-refractivity contribution < 1.29 is 13.3 Å². The second-order valence-electron chi connectivity index (χ2n) is 8.62. The molecule has 1 N–H and O–H groups in total. The Morgan fingerprint density at radius 3 is 2.83 bits per heavy atom. The lowest BCUT2D eigenvalue weighted by atomic mass is 9.96. The van der Waals surface area contributed by atoms with Gasteiger partial charge in [0.05, 0.1) is 5.69 Å². The lowest BCUT2D eigenvalue weighted by Crippen LogP contribution is -2.38. The van der Waals surface area contributed by atoms with Crippen LogP contribution < -0.4 is 0 Å². The molecule has 6 rings (SSSR count). The Kier molecular flexibility index (Phi) is 4.16. The van der Waals surface area contributed by atoms with Gasteiger partial charge >= 0.3 is 0 Å². The van der Waals surface area contributed by atoms with Crippen LogP contribution in [-0.4, -0.2) is 27.6 Å². The smallest absolute Gasteiger partial charge is 0.170 e. The molecule has 4 heterocycles. The molecule has 1 fully saturated rings. The molecule has 4 nitrogen and oxygen atoms in total. The van der Waals surface area contributed by atoms with Crippen LogP contribution in [0.3, 0.4) is 0 Å². The van der Waals surface area contributed by atoms with E-state index in [1.165, 1.54) is 35.9 Å². The molecule has 0 aliphatic carbocycles. The van der Waals surface area contributed by atoms with E-state index in [1.807, 2.05) is 6.07 Å². The molecule has 0 unspecified atom stereocenters. The number of nitrogens with zero attached hydrogens (tertiary/aromatic N) is 2. The number of hydrogen-bond donors (Lipinski definition) is 1. The first-order valence-electron chi connectivity index (χ1n) is 10.8. The summed E-state index contributed by atoms with van der Waals surface area (Å²) < 4.78 is 32.5. The number of H-pyrrole nitrogens is 1. The second kappa shape index (κ2) is 6.91. The Labute approximate surface area is 172 Å². The highest BCUT2D eigenvalue weighted by Gasteiger charge is 2.41. The third-order valence-electron chi connectivity index (χ3n) is 6.89. The number of unbranched alkanes of at least 4 members (excludes halogenated alkanes) is 1. The van der Waals surface area contributed by atoms with Gasteiger partial charge in [-0.25, -0.2) is 8.78 Å². The molecule has 30 heavy (non-hydrogen) atoms. The quantitative estimate of drug-likeness (QED) is 0.434. The molecule has 0 amide bonds. The number of halogens is 2. The van der Waals surface area contributed by atoms with E-state index in [9.17, 15) is 8.78 Å². The fourth-order valence-corrected chi connectivity index (χ4v) is 5.55. The summed E-state index contributed by atoms with van der Waals surface area (Å²) in [5.74, 6) is -0.474. The molecule has 0 spiro atoms. The summed E-state index contributed by atoms with van der Waals surface area (Å²) >= 11 is 0. The van der Waals surface area contributed by atoms with Crippen molar-refractivity contribution in [2.24, 2.45) is 0 Å². The second-order valence-corrected chi connectivity index (χ2v) is 8.62. The van der Waals surface area contributed by atoms with E-state index in [0.717, 1.165) is 60.6 Å². The molecule has 6 heteroatoms. The number of benzene rings is 2. The largest absolute Gasteiger partial charge is 0.358 e. The van der Waals surface area contributed by atoms with Crippen molar-refractivity contribution in [3.63, 3.8) is 0 Å². The minimum absolute atomic E-state index is 0.171. The summed E-state index contributed by atoms with van der Waals surface area (Å²) in [6, 6.07) is 10.6. The monoisotopic (exact) mass is 407 g/mol. The van der Waals surface area contributed by atoms with Crippen molar-refractivity contribution in [3.8, 4) is 0 Å². The highest BCUT2D eigenvalue weighted by atomic mass is 19.1. The van der Waals surface area contributed by atoms with Crippen LogP contribution in [0.25, 0.3) is 21.9 Å². The Morgan fingerprint density at radius 1 is 1.03 bits per heavy atom. The lowest BCUT2D eigenvalue weighted by Gasteiger charge is -2.35. The van der Waals surface area contributed by atoms with Crippen LogP contribution in [0.4, 0.5) is 8.78 Å². The zero-order valence-corrected chi connectivity index (χ0v) is 16.6. The topological polar surface area (TPSA) is 45.1 Å². The predicted octanol–water partition coefficient (Wildman–Crippen LogP) is 5.67. The number of hydrogen-bond acceptors (Lipinski definition) is 3. The Balaban J connectivity index is 1.16. The van der Waals surface area contributed by atoms with Gasteiger partial charge in [-0.15, -0.1) is 0 Å². The summed E-state index contributed by atoms with van der Waals surface area (Å²) in [6.07, 6.45) is 6.25. The summed E-state index contributed by atoms with van der Waals surface area (Å²) in [4.78, 5) is 6.15. The van der Waals surface area contributed by atoms with Crippen LogP contribution in [0.15, 0.2) is 40.9 Å². The van der Waals surface area contributed by atoms with Crippen molar-refractivity contribution in [2.75, 3.05) is 6.54 Å². The van der Waals surface area contributed by atoms with Gasteiger partial charge in [-0.3, -0.25) is 4.90 Å². The molecule has 2 aliphatic rings. The number of fused-ring (bicyclic) bond motifs is 7. The standard InChI is InChI=1S/C24H23F2N3O/c25-14-5-8-19-18(11-14)24-21(27-19)13-16-6-9-22(24)29(16)10-2-1-3-20-17-7-4-15(26)12-23(17)30-28-20/h4-5,7-8,11-12,16,22,27H,1-3,6,9-10,13H2/t16-,22+/m1/s1. The maximum absolute atomic E-state index is 13.9. The Morgan fingerprint density at radius 2 is 1.90 bits per heavy atom. The molecule has 0 saturated carbocycles. The van der Waals surface area contributed by atoms with E-state index in [4.69, 9.17) is 4.52 Å². The summed E-state index contributed by atoms with van der Waals surface area (Å²) in [5, 5.41) is 6.08. The number of aryl methyl sites for hydroxylation is 1. The Hall–Kier alpha value is -2.73. The molecule has 1 saturated heterocycles. The Bertz CT molecular complexity index is 1240. The first-order chi connectivity index (χ1) is 14.7. The first-order valence-corrected chi connectivity index (χ1v) is 10.8. The van der Waals surface area contributed by atoms with Gasteiger partial charge in [-0.05, 0) is 74.5 Å². The van der Waals surface area contributed by atoms with Crippen molar-refractivity contribution in [1.29, 1.82) is 0 Å². The molecule has 0 radical (unpaired) electrons. The minimum Gasteiger partial charge on any atom is -0.358 e. The fourth-order valence-electron chi connectivity index (χ4n) is 5.55. The SMILES string of the molecule is Fc1ccc2c(CCCCN3[C@@H]4CC[C@H]3c3c([nH]c5ccc(F)cc35)C4)noc2c1. The summed E-state index contributed by atoms with van der Waals surface area (Å²) in [5.41, 5.74) is 5.06. The van der Waals surface area contributed by atoms with Crippen LogP contribution >= 0.6 is 0 Å². The third-order valence-corrected chi connectivity index (χ3v) is 6.89. The van der Waals surface area contributed by atoms with Gasteiger partial charge < -0.3 is 9.51 Å². The number of aromatic amines is 1. The molecular formula is C24H23F2N3O. The summed E-state index contributed by atoms with van der Waals surface area (Å²) in [7, 11) is 0. The van der Waals surface area contributed by atoms with Gasteiger partial charge in [-0.2, -0.15) is 0 Å². The predicted molar refractivity (Wildman–Crippen MR) is 111 cm³/mol. The highest BCUT2D eigenvalue weighted by molar-refractivity contribution is 5.85. The van der Waals surface area contributed by atoms with Crippen molar-refractivity contribution >= 4 is 21.9 Å². The first kappa shape index (κ1) is 18.1. The number of rotatable bonds is 5. The van der Waals surface area contributed by atoms with Crippen molar-refractivity contribution in [1.82, 2.24) is 15.0 Å². The van der Waals surface area contributed by atoms with Gasteiger partial charge in [0.2, 0.25) is 0 Å². The molecule has 2 aromatic heterocycles. The van der Waals surface area contributed by atoms with Gasteiger partial charge in [0.25, 0.3) is 0 Å². The average molecular weight is 407 g/mol. The third kappa shape index (κ3) is 2.85. The molecular weight excluding hydrogens is 384 g/mol. The van der Waals surface area contributed by atoms with Gasteiger partial charge in [0, 0.05) is 46.6 Å². The molecule has 2 atom stereocenters. The normalized spacial score (nSPS) is 21.0. The van der Waals surface area contributed by atoms with E-state index >= 15 is 0 Å². The molecule has 154 valence electrons. The summed E-state index contributed by atoms with van der Waals surface area (Å²) in [6.45, 7) is 1.03. The molecule has 2 bridgehead atoms. The fraction of sp³-hybridized carbons (Fsp3) is 0.375. The van der Waals surface area contributed by atoms with Gasteiger partial charge in [-0.1, -0.05) is 5.16 Å². The lowest BCUT2D eigenvalue weighted by molar-refractivity contribution is 0.174. The van der Waals surface area contributed by atoms with Gasteiger partial charge in [0.1, 0.15) is 11.6 Å². The zero-order valence-electron chi connectivity index (χ0n) is 16.6. The van der Waals surface area contributed by atoms with E-state index in [0.29, 0.717) is 17.7 Å². The maximum Gasteiger partial charge on any atom is 0.170 e. The zero-order chi connectivity index (χ0) is 20.2. The van der Waals surface area contributed by atoms with Crippen molar-refractivity contribution in [3.05, 3.63) is 65.0 Å². The number of nitrogens with one attached hydrogen (secondary N) is 1. The van der Waals surface area contributed by atoms with E-state index in [-0.39, 0.29) is 11.6 Å². The van der Waals surface area contributed by atoms with E-state index in [2.05, 4.69) is 15.0 Å². The minimum atomic E-state index is -0.303. The van der Waals surface area contributed by atoms with Crippen LogP contribution in [0.1, 0.15) is 48.7 Å². The van der Waals surface area contributed by atoms with Crippen LogP contribution in [0.5, 0.6) is 0 Å². The van der Waals surface area contributed by atoms with Gasteiger partial charge in [0.15, 0.2) is 5.58 Å². The highest BCUT2D eigenvalue weighted by Crippen LogP contribution is 2.46. The molecule has 2 aromatic carbocycles. The van der Waals surface area contributed by atoms with Crippen LogP contribution in [-0.2, 0) is 12.8 Å². The molecule has 4 aromatic rings. The number of aromatic nitrogens is 2. The van der Waals surface area contributed by atoms with E-state index < -0.39 is 0 Å². The van der Waals surface area contributed by atoms with Crippen LogP contribution in [0.2, 0.25) is 0 Å². The van der Waals surface area contributed by atoms with E-state index in [1.54, 1.807) is 12.1 Å².